The van der Waals surface area contributed by atoms with Crippen LogP contribution in [0.15, 0.2) is 60.2 Å². The third-order valence-corrected chi connectivity index (χ3v) is 6.74. The number of fused-ring (bicyclic) bond motifs is 5. The van der Waals surface area contributed by atoms with Crippen LogP contribution in [0.1, 0.15) is 29.3 Å². The van der Waals surface area contributed by atoms with Crippen molar-refractivity contribution in [3.8, 4) is 0 Å². The molecule has 1 saturated carbocycles. The van der Waals surface area contributed by atoms with E-state index in [0.717, 1.165) is 12.0 Å². The molecule has 0 aromatic heterocycles. The molecule has 5 nitrogen and oxygen atoms in total. The van der Waals surface area contributed by atoms with Crippen molar-refractivity contribution in [1.29, 1.82) is 0 Å². The average molecular weight is 422 g/mol. The van der Waals surface area contributed by atoms with Crippen molar-refractivity contribution < 1.29 is 19.1 Å². The number of benzene rings is 2. The Labute approximate surface area is 179 Å². The fraction of sp³-hybridized carbons (Fsp3) is 0.292. The van der Waals surface area contributed by atoms with E-state index in [2.05, 4.69) is 6.08 Å². The SMILES string of the molecule is CC1=C[C@@H]2C[C@H]1[C@@H]1C(=O)N(c3ccc(C(=O)OCc4cccc(Cl)c4)cc3)C(=O)[C@H]12. The highest BCUT2D eigenvalue weighted by molar-refractivity contribution is 6.30. The van der Waals surface area contributed by atoms with Crippen LogP contribution in [0, 0.1) is 23.7 Å². The van der Waals surface area contributed by atoms with E-state index in [1.54, 1.807) is 42.5 Å². The zero-order valence-electron chi connectivity index (χ0n) is 16.4. The molecule has 0 N–H and O–H groups in total. The van der Waals surface area contributed by atoms with E-state index in [4.69, 9.17) is 16.3 Å². The number of carbonyl (C=O) groups excluding carboxylic acids is 3. The summed E-state index contributed by atoms with van der Waals surface area (Å²) in [4.78, 5) is 39.6. The molecule has 0 radical (unpaired) electrons. The third kappa shape index (κ3) is 2.96. The second-order valence-electron chi connectivity index (χ2n) is 8.23. The first-order chi connectivity index (χ1) is 14.4. The predicted octanol–water partition coefficient (Wildman–Crippen LogP) is 4.40. The van der Waals surface area contributed by atoms with Crippen molar-refractivity contribution in [3.05, 3.63) is 76.3 Å². The molecule has 3 aliphatic rings. The molecule has 4 atom stereocenters. The maximum atomic E-state index is 13.0. The van der Waals surface area contributed by atoms with Crippen LogP contribution in [-0.4, -0.2) is 17.8 Å². The molecule has 2 amide bonds. The van der Waals surface area contributed by atoms with Crippen molar-refractivity contribution in [3.63, 3.8) is 0 Å². The Hall–Kier alpha value is -2.92. The molecular weight excluding hydrogens is 402 g/mol. The van der Waals surface area contributed by atoms with Crippen LogP contribution in [0.5, 0.6) is 0 Å². The van der Waals surface area contributed by atoms with E-state index in [-0.39, 0.29) is 42.1 Å². The number of ether oxygens (including phenoxy) is 1. The lowest BCUT2D eigenvalue weighted by molar-refractivity contribution is -0.123. The standard InChI is InChI=1S/C24H20ClNO4/c1-13-9-16-11-19(13)21-20(16)22(27)26(23(21)28)18-7-5-15(6-8-18)24(29)30-12-14-3-2-4-17(25)10-14/h2-10,16,19-21H,11-12H2,1H3/t16-,19-,20+,21+/m1/s1. The van der Waals surface area contributed by atoms with E-state index >= 15 is 0 Å². The Balaban J connectivity index is 1.29. The van der Waals surface area contributed by atoms with Crippen molar-refractivity contribution in [1.82, 2.24) is 0 Å². The molecular formula is C24H20ClNO4. The molecule has 2 aliphatic carbocycles. The smallest absolute Gasteiger partial charge is 0.338 e. The maximum absolute atomic E-state index is 13.0. The fourth-order valence-electron chi connectivity index (χ4n) is 5.13. The normalized spacial score (nSPS) is 26.7. The summed E-state index contributed by atoms with van der Waals surface area (Å²) in [7, 11) is 0. The van der Waals surface area contributed by atoms with Gasteiger partial charge in [0.25, 0.3) is 0 Å². The van der Waals surface area contributed by atoms with Crippen LogP contribution < -0.4 is 4.90 Å². The summed E-state index contributed by atoms with van der Waals surface area (Å²) < 4.78 is 5.33. The Morgan fingerprint density at radius 3 is 2.57 bits per heavy atom. The number of amides is 2. The summed E-state index contributed by atoms with van der Waals surface area (Å²) in [5.41, 5.74) is 2.88. The van der Waals surface area contributed by atoms with Crippen LogP contribution >= 0.6 is 11.6 Å². The monoisotopic (exact) mass is 421 g/mol. The van der Waals surface area contributed by atoms with Gasteiger partial charge >= 0.3 is 5.97 Å². The van der Waals surface area contributed by atoms with Gasteiger partial charge in [-0.1, -0.05) is 35.4 Å². The molecule has 0 unspecified atom stereocenters. The summed E-state index contributed by atoms with van der Waals surface area (Å²) in [6.07, 6.45) is 3.06. The van der Waals surface area contributed by atoms with Gasteiger partial charge in [-0.25, -0.2) is 4.79 Å². The van der Waals surface area contributed by atoms with Crippen molar-refractivity contribution in [2.45, 2.75) is 20.0 Å². The first kappa shape index (κ1) is 19.1. The average Bonchev–Trinajstić information content (AvgIpc) is 3.37. The first-order valence-corrected chi connectivity index (χ1v) is 10.4. The van der Waals surface area contributed by atoms with Gasteiger partial charge in [-0.3, -0.25) is 14.5 Å². The van der Waals surface area contributed by atoms with Gasteiger partial charge < -0.3 is 4.74 Å². The number of allylic oxidation sites excluding steroid dienone is 2. The minimum Gasteiger partial charge on any atom is -0.457 e. The Bertz CT molecular complexity index is 1090. The van der Waals surface area contributed by atoms with Crippen molar-refractivity contribution in [2.24, 2.45) is 23.7 Å². The van der Waals surface area contributed by atoms with Gasteiger partial charge in [0.15, 0.2) is 0 Å². The van der Waals surface area contributed by atoms with Gasteiger partial charge in [-0.2, -0.15) is 0 Å². The summed E-state index contributed by atoms with van der Waals surface area (Å²) >= 11 is 5.94. The number of hydrogen-bond donors (Lipinski definition) is 0. The van der Waals surface area contributed by atoms with Gasteiger partial charge in [0, 0.05) is 5.02 Å². The summed E-state index contributed by atoms with van der Waals surface area (Å²) in [6, 6.07) is 13.6. The van der Waals surface area contributed by atoms with Crippen LogP contribution in [0.3, 0.4) is 0 Å². The second-order valence-corrected chi connectivity index (χ2v) is 8.67. The molecule has 1 saturated heterocycles. The number of hydrogen-bond acceptors (Lipinski definition) is 4. The van der Waals surface area contributed by atoms with Crippen LogP contribution in [0.4, 0.5) is 5.69 Å². The van der Waals surface area contributed by atoms with E-state index in [0.29, 0.717) is 16.3 Å². The first-order valence-electron chi connectivity index (χ1n) is 10.0. The van der Waals surface area contributed by atoms with Gasteiger partial charge in [-0.15, -0.1) is 0 Å². The van der Waals surface area contributed by atoms with Crippen LogP contribution in [0.2, 0.25) is 5.02 Å². The molecule has 0 spiro atoms. The van der Waals surface area contributed by atoms with Gasteiger partial charge in [0.05, 0.1) is 23.1 Å². The Morgan fingerprint density at radius 2 is 1.83 bits per heavy atom. The highest BCUT2D eigenvalue weighted by Gasteiger charge is 2.60. The summed E-state index contributed by atoms with van der Waals surface area (Å²) in [5, 5.41) is 0.580. The topological polar surface area (TPSA) is 63.7 Å². The molecule has 152 valence electrons. The lowest BCUT2D eigenvalue weighted by Crippen LogP contribution is -2.32. The third-order valence-electron chi connectivity index (χ3n) is 6.50. The van der Waals surface area contributed by atoms with Gasteiger partial charge in [-0.05, 0) is 67.1 Å². The van der Waals surface area contributed by atoms with Crippen LogP contribution in [-0.2, 0) is 20.9 Å². The molecule has 2 fully saturated rings. The quantitative estimate of drug-likeness (QED) is 0.417. The number of anilines is 1. The fourth-order valence-corrected chi connectivity index (χ4v) is 5.35. The van der Waals surface area contributed by atoms with Gasteiger partial charge in [0.1, 0.15) is 6.61 Å². The van der Waals surface area contributed by atoms with Crippen molar-refractivity contribution >= 4 is 35.1 Å². The minimum atomic E-state index is -0.477. The molecule has 1 aliphatic heterocycles. The number of carbonyl (C=O) groups is 3. The number of rotatable bonds is 4. The second kappa shape index (κ2) is 7.10. The minimum absolute atomic E-state index is 0.114. The van der Waals surface area contributed by atoms with E-state index in [9.17, 15) is 14.4 Å². The largest absolute Gasteiger partial charge is 0.457 e. The molecule has 2 aromatic carbocycles. The highest BCUT2D eigenvalue weighted by atomic mass is 35.5. The zero-order valence-corrected chi connectivity index (χ0v) is 17.1. The lowest BCUT2D eigenvalue weighted by atomic mass is 9.82. The van der Waals surface area contributed by atoms with E-state index < -0.39 is 5.97 Å². The predicted molar refractivity (Wildman–Crippen MR) is 112 cm³/mol. The molecule has 1 heterocycles. The highest BCUT2D eigenvalue weighted by Crippen LogP contribution is 2.55. The summed E-state index contributed by atoms with van der Waals surface area (Å²) in [6.45, 7) is 2.16. The number of esters is 1. The maximum Gasteiger partial charge on any atom is 0.338 e. The van der Waals surface area contributed by atoms with E-state index in [1.165, 1.54) is 10.5 Å². The molecule has 5 rings (SSSR count). The number of imide groups is 1. The van der Waals surface area contributed by atoms with E-state index in [1.807, 2.05) is 13.0 Å². The van der Waals surface area contributed by atoms with Crippen molar-refractivity contribution in [2.75, 3.05) is 4.90 Å². The molecule has 2 aromatic rings. The van der Waals surface area contributed by atoms with Gasteiger partial charge in [0.2, 0.25) is 11.8 Å². The molecule has 30 heavy (non-hydrogen) atoms. The molecule has 6 heteroatoms. The zero-order chi connectivity index (χ0) is 21.0. The summed E-state index contributed by atoms with van der Waals surface area (Å²) in [5.74, 6) is -0.859. The Kier molecular flexibility index (Phi) is 4.51. The molecule has 2 bridgehead atoms. The van der Waals surface area contributed by atoms with Crippen LogP contribution in [0.25, 0.3) is 0 Å². The number of halogens is 1. The Morgan fingerprint density at radius 1 is 1.10 bits per heavy atom. The number of nitrogens with zero attached hydrogens (tertiary/aromatic N) is 1. The lowest BCUT2D eigenvalue weighted by Gasteiger charge is -2.19.